The normalized spacial score (nSPS) is 13.6. The van der Waals surface area contributed by atoms with Gasteiger partial charge in [0, 0.05) is 17.0 Å². The van der Waals surface area contributed by atoms with Crippen molar-refractivity contribution in [3.63, 3.8) is 0 Å². The second kappa shape index (κ2) is 8.51. The van der Waals surface area contributed by atoms with Crippen molar-refractivity contribution in [3.05, 3.63) is 66.4 Å². The Kier molecular flexibility index (Phi) is 5.97. The van der Waals surface area contributed by atoms with Gasteiger partial charge in [-0.2, -0.15) is 0 Å². The first-order valence-corrected chi connectivity index (χ1v) is 10.7. The number of rotatable bonds is 5. The molecule has 148 valence electrons. The number of carbonyl (C=O) groups excluding carboxylic acids is 1. The zero-order chi connectivity index (χ0) is 20.0. The van der Waals surface area contributed by atoms with Crippen molar-refractivity contribution < 1.29 is 8.98 Å². The molecule has 0 radical (unpaired) electrons. The molecule has 1 aliphatic rings. The van der Waals surface area contributed by atoms with Gasteiger partial charge in [-0.1, -0.05) is 44.2 Å². The Balaban J connectivity index is 0.00000218. The van der Waals surface area contributed by atoms with E-state index in [1.807, 2.05) is 32.0 Å². The molecule has 0 N–H and O–H groups in total. The van der Waals surface area contributed by atoms with Gasteiger partial charge in [0.05, 0.1) is 11.6 Å². The topological polar surface area (TPSA) is 44.1 Å². The summed E-state index contributed by atoms with van der Waals surface area (Å²) in [6.45, 7) is 3.67. The summed E-state index contributed by atoms with van der Waals surface area (Å²) in [5.74, 6) is 0.278. The minimum atomic E-state index is -0.228. The number of hydrogen-bond acceptors (Lipinski definition) is 4. The van der Waals surface area contributed by atoms with Gasteiger partial charge in [0.25, 0.3) is 0 Å². The molecule has 0 aliphatic heterocycles. The molecule has 0 bridgehead atoms. The van der Waals surface area contributed by atoms with Crippen LogP contribution in [0.25, 0.3) is 27.5 Å². The molecule has 1 saturated carbocycles. The molecule has 2 aromatic heterocycles. The summed E-state index contributed by atoms with van der Waals surface area (Å²) in [6.07, 6.45) is 4.33. The molecule has 0 amide bonds. The average molecular weight is 410 g/mol. The van der Waals surface area contributed by atoms with E-state index in [1.54, 1.807) is 6.20 Å². The van der Waals surface area contributed by atoms with Crippen LogP contribution in [0.15, 0.2) is 65.8 Å². The van der Waals surface area contributed by atoms with Gasteiger partial charge in [-0.05, 0) is 54.0 Å². The Morgan fingerprint density at radius 3 is 2.60 bits per heavy atom. The average Bonchev–Trinajstić information content (AvgIpc) is 3.52. The first kappa shape index (κ1) is 21.1. The summed E-state index contributed by atoms with van der Waals surface area (Å²) < 4.78 is 7.60. The van der Waals surface area contributed by atoms with Crippen LogP contribution in [0, 0.1) is 5.92 Å². The van der Waals surface area contributed by atoms with Gasteiger partial charge in [0.1, 0.15) is 22.7 Å². The summed E-state index contributed by atoms with van der Waals surface area (Å²) in [5.41, 5.74) is 3.34. The van der Waals surface area contributed by atoms with E-state index in [2.05, 4.69) is 45.9 Å². The van der Waals surface area contributed by atoms with Crippen molar-refractivity contribution in [3.8, 4) is 5.69 Å². The molecular formula is C24H23LiN2O2S. The standard InChI is InChI=1S/C24H22N2O2S.Li.H/c1-15(2)24(27)28-29-22-14-17-6-5-13-25-23(17)26(22)21-12-11-18(16-9-10-16)19-7-3-4-8-20(19)21;;/h3-8,11-16H,9-10H2,1-2H3;;. The first-order chi connectivity index (χ1) is 14.1. The molecule has 0 unspecified atom stereocenters. The number of nitrogens with zero attached hydrogens (tertiary/aromatic N) is 2. The molecule has 1 fully saturated rings. The van der Waals surface area contributed by atoms with E-state index in [9.17, 15) is 4.79 Å². The number of carbonyl (C=O) groups is 1. The monoisotopic (exact) mass is 410 g/mol. The molecule has 5 rings (SSSR count). The number of benzene rings is 2. The predicted octanol–water partition coefficient (Wildman–Crippen LogP) is 5.61. The number of fused-ring (bicyclic) bond motifs is 2. The summed E-state index contributed by atoms with van der Waals surface area (Å²) in [6, 6.07) is 19.0. The molecular weight excluding hydrogens is 387 g/mol. The van der Waals surface area contributed by atoms with Gasteiger partial charge in [0.2, 0.25) is 0 Å². The molecule has 0 saturated heterocycles. The van der Waals surface area contributed by atoms with Gasteiger partial charge in [0.15, 0.2) is 0 Å². The van der Waals surface area contributed by atoms with Crippen LogP contribution in [0.2, 0.25) is 0 Å². The number of aromatic nitrogens is 2. The van der Waals surface area contributed by atoms with Crippen LogP contribution in [-0.2, 0) is 8.98 Å². The van der Waals surface area contributed by atoms with E-state index in [-0.39, 0.29) is 30.7 Å². The Hall–Kier alpha value is -2.19. The maximum absolute atomic E-state index is 12.1. The Morgan fingerprint density at radius 2 is 1.87 bits per heavy atom. The van der Waals surface area contributed by atoms with Crippen molar-refractivity contribution in [2.45, 2.75) is 37.6 Å². The molecule has 0 spiro atoms. The molecule has 2 heterocycles. The van der Waals surface area contributed by atoms with Crippen molar-refractivity contribution >= 4 is 58.7 Å². The van der Waals surface area contributed by atoms with Crippen molar-refractivity contribution in [2.24, 2.45) is 5.92 Å². The van der Waals surface area contributed by atoms with E-state index in [0.29, 0.717) is 5.92 Å². The molecule has 1 aliphatic carbocycles. The number of pyridine rings is 1. The summed E-state index contributed by atoms with van der Waals surface area (Å²) >= 11 is 1.11. The Bertz CT molecular complexity index is 1230. The molecule has 4 nitrogen and oxygen atoms in total. The van der Waals surface area contributed by atoms with Gasteiger partial charge in [-0.3, -0.25) is 9.36 Å². The third kappa shape index (κ3) is 3.78. The fourth-order valence-corrected chi connectivity index (χ4v) is 4.53. The third-order valence-electron chi connectivity index (χ3n) is 5.40. The molecule has 4 aromatic rings. The SMILES string of the molecule is CC(C)C(=O)OSc1cc2cccnc2n1-c1ccc(C2CC2)c2ccccc12.[LiH]. The summed E-state index contributed by atoms with van der Waals surface area (Å²) in [7, 11) is 0. The van der Waals surface area contributed by atoms with Crippen LogP contribution in [0.1, 0.15) is 38.2 Å². The van der Waals surface area contributed by atoms with Crippen LogP contribution in [0.4, 0.5) is 0 Å². The molecule has 0 atom stereocenters. The fraction of sp³-hybridized carbons (Fsp3) is 0.250. The molecule has 6 heteroatoms. The van der Waals surface area contributed by atoms with Crippen molar-refractivity contribution in [1.29, 1.82) is 0 Å². The predicted molar refractivity (Wildman–Crippen MR) is 124 cm³/mol. The minimum absolute atomic E-state index is 0. The number of hydrogen-bond donors (Lipinski definition) is 0. The quantitative estimate of drug-likeness (QED) is 0.317. The van der Waals surface area contributed by atoms with E-state index in [4.69, 9.17) is 4.18 Å². The van der Waals surface area contributed by atoms with E-state index >= 15 is 0 Å². The van der Waals surface area contributed by atoms with Crippen LogP contribution in [-0.4, -0.2) is 34.4 Å². The zero-order valence-corrected chi connectivity index (χ0v) is 17.3. The fourth-order valence-electron chi connectivity index (χ4n) is 3.74. The van der Waals surface area contributed by atoms with Crippen LogP contribution in [0.5, 0.6) is 0 Å². The van der Waals surface area contributed by atoms with Gasteiger partial charge < -0.3 is 4.18 Å². The maximum atomic E-state index is 12.1. The second-order valence-corrected chi connectivity index (χ2v) is 8.62. The first-order valence-electron chi connectivity index (χ1n) is 10.0. The van der Waals surface area contributed by atoms with Gasteiger partial charge in [-0.15, -0.1) is 0 Å². The van der Waals surface area contributed by atoms with Gasteiger partial charge in [-0.25, -0.2) is 4.98 Å². The molecule has 30 heavy (non-hydrogen) atoms. The van der Waals surface area contributed by atoms with E-state index < -0.39 is 0 Å². The van der Waals surface area contributed by atoms with Crippen LogP contribution < -0.4 is 0 Å². The Labute approximate surface area is 192 Å². The van der Waals surface area contributed by atoms with Crippen LogP contribution in [0.3, 0.4) is 0 Å². The molecule has 2 aromatic carbocycles. The Morgan fingerprint density at radius 1 is 1.10 bits per heavy atom. The van der Waals surface area contributed by atoms with Crippen LogP contribution >= 0.6 is 12.0 Å². The summed E-state index contributed by atoms with van der Waals surface area (Å²) in [4.78, 5) is 16.7. The van der Waals surface area contributed by atoms with Crippen molar-refractivity contribution in [2.75, 3.05) is 0 Å². The second-order valence-electron chi connectivity index (χ2n) is 7.87. The van der Waals surface area contributed by atoms with E-state index in [0.717, 1.165) is 33.8 Å². The third-order valence-corrected chi connectivity index (χ3v) is 6.12. The van der Waals surface area contributed by atoms with Crippen molar-refractivity contribution in [1.82, 2.24) is 9.55 Å². The zero-order valence-electron chi connectivity index (χ0n) is 16.5. The summed E-state index contributed by atoms with van der Waals surface area (Å²) in [5, 5.41) is 4.35. The van der Waals surface area contributed by atoms with Gasteiger partial charge >= 0.3 is 24.8 Å². The van der Waals surface area contributed by atoms with E-state index in [1.165, 1.54) is 29.2 Å².